The fraction of sp³-hybridized carbons (Fsp3) is 0.692. The van der Waals surface area contributed by atoms with Gasteiger partial charge in [-0.25, -0.2) is 0 Å². The van der Waals surface area contributed by atoms with Gasteiger partial charge in [0.25, 0.3) is 0 Å². The summed E-state index contributed by atoms with van der Waals surface area (Å²) >= 11 is 0. The van der Waals surface area contributed by atoms with E-state index >= 15 is 0 Å². The first kappa shape index (κ1) is 16.9. The summed E-state index contributed by atoms with van der Waals surface area (Å²) in [5, 5.41) is 9.55. The van der Waals surface area contributed by atoms with Crippen molar-refractivity contribution >= 4 is 19.8 Å². The van der Waals surface area contributed by atoms with E-state index in [1.54, 1.807) is 13.8 Å². The molecule has 0 rings (SSSR count). The van der Waals surface area contributed by atoms with Crippen LogP contribution < -0.4 is 0 Å². The van der Waals surface area contributed by atoms with Gasteiger partial charge >= 0.3 is 5.97 Å². The van der Waals surface area contributed by atoms with Crippen LogP contribution in [0.2, 0.25) is 19.6 Å². The lowest BCUT2D eigenvalue weighted by Gasteiger charge is -2.08. The smallest absolute Gasteiger partial charge is 0.313 e. The van der Waals surface area contributed by atoms with Crippen LogP contribution in [0.15, 0.2) is 0 Å². The maximum Gasteiger partial charge on any atom is 0.313 e. The molecule has 0 saturated heterocycles. The van der Waals surface area contributed by atoms with Gasteiger partial charge in [-0.2, -0.15) is 0 Å². The Labute approximate surface area is 110 Å². The Morgan fingerprint density at radius 2 is 1.83 bits per heavy atom. The maximum atomic E-state index is 11.5. The molecule has 0 aromatic heterocycles. The minimum absolute atomic E-state index is 0.120. The van der Waals surface area contributed by atoms with Crippen molar-refractivity contribution in [1.82, 2.24) is 0 Å². The molecule has 0 heterocycles. The summed E-state index contributed by atoms with van der Waals surface area (Å²) in [5.74, 6) is 1.76. The number of esters is 1. The standard InChI is InChI=1S/C13H22O4Si/c1-10(2)17-13(16)9-12(15)8-11(14)6-7-18(3,4)5/h10-11,14H,8-9H2,1-5H3/t11-/m1/s1. The summed E-state index contributed by atoms with van der Waals surface area (Å²) in [6.07, 6.45) is -1.65. The molecule has 0 bridgehead atoms. The van der Waals surface area contributed by atoms with Crippen molar-refractivity contribution in [3.05, 3.63) is 0 Å². The van der Waals surface area contributed by atoms with Gasteiger partial charge < -0.3 is 9.84 Å². The monoisotopic (exact) mass is 270 g/mol. The Morgan fingerprint density at radius 3 is 2.28 bits per heavy atom. The zero-order valence-electron chi connectivity index (χ0n) is 11.7. The van der Waals surface area contributed by atoms with Crippen LogP contribution in [-0.2, 0) is 14.3 Å². The first-order valence-electron chi connectivity index (χ1n) is 6.02. The Bertz CT molecular complexity index is 357. The molecule has 0 aromatic rings. The van der Waals surface area contributed by atoms with Crippen LogP contribution in [-0.4, -0.2) is 37.1 Å². The van der Waals surface area contributed by atoms with Crippen LogP contribution >= 0.6 is 0 Å². The summed E-state index contributed by atoms with van der Waals surface area (Å²) < 4.78 is 4.85. The Balaban J connectivity index is 4.16. The highest BCUT2D eigenvalue weighted by molar-refractivity contribution is 6.83. The van der Waals surface area contributed by atoms with Crippen molar-refractivity contribution in [3.63, 3.8) is 0 Å². The van der Waals surface area contributed by atoms with Gasteiger partial charge in [0.1, 0.15) is 26.4 Å². The van der Waals surface area contributed by atoms with Crippen LogP contribution in [0.3, 0.4) is 0 Å². The van der Waals surface area contributed by atoms with Gasteiger partial charge in [-0.05, 0) is 13.8 Å². The van der Waals surface area contributed by atoms with E-state index in [0.717, 1.165) is 0 Å². The van der Waals surface area contributed by atoms with Crippen LogP contribution in [0.4, 0.5) is 0 Å². The molecule has 0 unspecified atom stereocenters. The number of rotatable bonds is 5. The lowest BCUT2D eigenvalue weighted by Crippen LogP contribution is -2.20. The van der Waals surface area contributed by atoms with Crippen LogP contribution in [0.5, 0.6) is 0 Å². The van der Waals surface area contributed by atoms with Gasteiger partial charge in [0.2, 0.25) is 0 Å². The predicted octanol–water partition coefficient (Wildman–Crippen LogP) is 1.53. The first-order valence-corrected chi connectivity index (χ1v) is 9.52. The van der Waals surface area contributed by atoms with Gasteiger partial charge in [-0.1, -0.05) is 25.6 Å². The van der Waals surface area contributed by atoms with E-state index in [-0.39, 0.29) is 24.7 Å². The number of ether oxygens (including phenoxy) is 1. The molecular weight excluding hydrogens is 248 g/mol. The van der Waals surface area contributed by atoms with Gasteiger partial charge in [-0.15, -0.1) is 5.54 Å². The van der Waals surface area contributed by atoms with E-state index in [2.05, 4.69) is 31.1 Å². The molecule has 0 aromatic carbocycles. The minimum atomic E-state index is -1.55. The van der Waals surface area contributed by atoms with E-state index in [0.29, 0.717) is 0 Å². The predicted molar refractivity (Wildman–Crippen MR) is 72.6 cm³/mol. The Morgan fingerprint density at radius 1 is 1.28 bits per heavy atom. The largest absolute Gasteiger partial charge is 0.463 e. The molecule has 0 aliphatic rings. The summed E-state index contributed by atoms with van der Waals surface area (Å²) in [6.45, 7) is 9.59. The lowest BCUT2D eigenvalue weighted by atomic mass is 10.1. The Hall–Kier alpha value is -1.12. The van der Waals surface area contributed by atoms with Crippen LogP contribution in [0.25, 0.3) is 0 Å². The zero-order chi connectivity index (χ0) is 14.3. The Kier molecular flexibility index (Phi) is 6.88. The van der Waals surface area contributed by atoms with E-state index < -0.39 is 20.1 Å². The van der Waals surface area contributed by atoms with Gasteiger partial charge in [0.05, 0.1) is 6.10 Å². The fourth-order valence-electron chi connectivity index (χ4n) is 1.10. The lowest BCUT2D eigenvalue weighted by molar-refractivity contribution is -0.149. The number of carbonyl (C=O) groups is 2. The number of aliphatic hydroxyl groups is 1. The van der Waals surface area contributed by atoms with Gasteiger partial charge in [-0.3, -0.25) is 9.59 Å². The third-order valence-electron chi connectivity index (χ3n) is 1.74. The molecule has 0 radical (unpaired) electrons. The number of carbonyl (C=O) groups excluding carboxylic acids is 2. The molecule has 1 atom stereocenters. The molecule has 5 heteroatoms. The molecule has 0 spiro atoms. The molecule has 102 valence electrons. The molecule has 1 N–H and O–H groups in total. The number of Topliss-reactive ketones (excluding diaryl/α,β-unsaturated/α-hetero) is 1. The fourth-order valence-corrected chi connectivity index (χ4v) is 1.70. The van der Waals surface area contributed by atoms with Crippen molar-refractivity contribution in [1.29, 1.82) is 0 Å². The summed E-state index contributed by atoms with van der Waals surface area (Å²) in [6, 6.07) is 0. The molecule has 0 aliphatic carbocycles. The van der Waals surface area contributed by atoms with E-state index in [1.165, 1.54) is 0 Å². The average molecular weight is 270 g/mol. The highest BCUT2D eigenvalue weighted by atomic mass is 28.3. The normalized spacial score (nSPS) is 12.6. The SMILES string of the molecule is CC(C)OC(=O)CC(=O)C[C@H](O)C#C[Si](C)(C)C. The van der Waals surface area contributed by atoms with Crippen molar-refractivity contribution in [2.24, 2.45) is 0 Å². The van der Waals surface area contributed by atoms with Crippen molar-refractivity contribution in [2.75, 3.05) is 0 Å². The minimum Gasteiger partial charge on any atom is -0.463 e. The summed E-state index contributed by atoms with van der Waals surface area (Å²) in [4.78, 5) is 22.7. The first-order chi connectivity index (χ1) is 8.10. The second kappa shape index (κ2) is 7.34. The molecule has 0 amide bonds. The number of aliphatic hydroxyl groups excluding tert-OH is 1. The quantitative estimate of drug-likeness (QED) is 0.356. The van der Waals surface area contributed by atoms with Crippen molar-refractivity contribution in [2.45, 2.75) is 58.5 Å². The molecule has 0 aliphatic heterocycles. The third-order valence-corrected chi connectivity index (χ3v) is 2.64. The number of ketones is 1. The number of hydrogen-bond acceptors (Lipinski definition) is 4. The molecular formula is C13H22O4Si. The second-order valence-corrected chi connectivity index (χ2v) is 10.2. The van der Waals surface area contributed by atoms with Gasteiger partial charge in [0, 0.05) is 6.42 Å². The second-order valence-electron chi connectivity index (χ2n) is 5.49. The molecule has 0 fully saturated rings. The zero-order valence-corrected chi connectivity index (χ0v) is 12.7. The van der Waals surface area contributed by atoms with Crippen LogP contribution in [0.1, 0.15) is 26.7 Å². The molecule has 18 heavy (non-hydrogen) atoms. The van der Waals surface area contributed by atoms with Gasteiger partial charge in [0.15, 0.2) is 0 Å². The van der Waals surface area contributed by atoms with E-state index in [1.807, 2.05) is 0 Å². The maximum absolute atomic E-state index is 11.5. The summed E-state index contributed by atoms with van der Waals surface area (Å²) in [5.41, 5.74) is 2.98. The van der Waals surface area contributed by atoms with E-state index in [9.17, 15) is 14.7 Å². The summed E-state index contributed by atoms with van der Waals surface area (Å²) in [7, 11) is -1.55. The third kappa shape index (κ3) is 10.1. The molecule has 0 saturated carbocycles. The topological polar surface area (TPSA) is 63.6 Å². The highest BCUT2D eigenvalue weighted by Crippen LogP contribution is 2.02. The highest BCUT2D eigenvalue weighted by Gasteiger charge is 2.15. The van der Waals surface area contributed by atoms with E-state index in [4.69, 9.17) is 4.74 Å². The average Bonchev–Trinajstić information content (AvgIpc) is 2.11. The van der Waals surface area contributed by atoms with Crippen LogP contribution in [0, 0.1) is 11.5 Å². The van der Waals surface area contributed by atoms with Crippen molar-refractivity contribution in [3.8, 4) is 11.5 Å². The molecule has 4 nitrogen and oxygen atoms in total. The van der Waals surface area contributed by atoms with Crippen molar-refractivity contribution < 1.29 is 19.4 Å². The number of hydrogen-bond donors (Lipinski definition) is 1.